The van der Waals surface area contributed by atoms with Gasteiger partial charge in [-0.3, -0.25) is 19.3 Å². The molecule has 2 rings (SSSR count). The van der Waals surface area contributed by atoms with Gasteiger partial charge in [-0.15, -0.1) is 0 Å². The van der Waals surface area contributed by atoms with Crippen LogP contribution in [0.15, 0.2) is 18.2 Å². The number of imide groups is 1. The summed E-state index contributed by atoms with van der Waals surface area (Å²) in [6, 6.07) is 3.81. The van der Waals surface area contributed by atoms with E-state index in [9.17, 15) is 19.2 Å². The third kappa shape index (κ3) is 3.92. The average Bonchev–Trinajstić information content (AvgIpc) is 2.82. The van der Waals surface area contributed by atoms with Crippen molar-refractivity contribution < 1.29 is 23.9 Å². The lowest BCUT2D eigenvalue weighted by atomic mass is 10.0. The van der Waals surface area contributed by atoms with Crippen molar-refractivity contribution >= 4 is 23.7 Å². The maximum atomic E-state index is 12.5. The van der Waals surface area contributed by atoms with Gasteiger partial charge in [0.05, 0.1) is 11.1 Å². The summed E-state index contributed by atoms with van der Waals surface area (Å²) in [7, 11) is 0. The minimum Gasteiger partial charge on any atom is -0.454 e. The van der Waals surface area contributed by atoms with Crippen molar-refractivity contribution in [1.82, 2.24) is 10.2 Å². The fraction of sp³-hybridized carbons (Fsp3) is 0.474. The van der Waals surface area contributed by atoms with Gasteiger partial charge in [0.2, 0.25) is 0 Å². The lowest BCUT2D eigenvalue weighted by molar-refractivity contribution is -0.152. The molecule has 1 aromatic carbocycles. The average molecular weight is 360 g/mol. The molecule has 0 aliphatic carbocycles. The molecule has 140 valence electrons. The first-order chi connectivity index (χ1) is 12.1. The van der Waals surface area contributed by atoms with E-state index in [1.54, 1.807) is 18.2 Å². The zero-order chi connectivity index (χ0) is 19.6. The Morgan fingerprint density at radius 1 is 1.19 bits per heavy atom. The van der Waals surface area contributed by atoms with Crippen molar-refractivity contribution in [2.45, 2.75) is 52.6 Å². The SMILES string of the molecule is CCC(C)(C)NC(=O)COC(=O)C(C)N1C(=O)c2ccc(C)cc2C1=O. The van der Waals surface area contributed by atoms with Crippen molar-refractivity contribution in [3.8, 4) is 0 Å². The topological polar surface area (TPSA) is 92.8 Å². The van der Waals surface area contributed by atoms with E-state index in [1.165, 1.54) is 6.92 Å². The molecule has 0 fully saturated rings. The summed E-state index contributed by atoms with van der Waals surface area (Å²) in [5.74, 6) is -2.31. The first-order valence-corrected chi connectivity index (χ1v) is 8.53. The maximum Gasteiger partial charge on any atom is 0.329 e. The number of fused-ring (bicyclic) bond motifs is 1. The molecule has 0 saturated heterocycles. The summed E-state index contributed by atoms with van der Waals surface area (Å²) < 4.78 is 4.99. The smallest absolute Gasteiger partial charge is 0.329 e. The highest BCUT2D eigenvalue weighted by atomic mass is 16.5. The van der Waals surface area contributed by atoms with E-state index in [4.69, 9.17) is 4.74 Å². The summed E-state index contributed by atoms with van der Waals surface area (Å²) in [4.78, 5) is 49.9. The number of hydrogen-bond donors (Lipinski definition) is 1. The first kappa shape index (κ1) is 19.6. The highest BCUT2D eigenvalue weighted by Gasteiger charge is 2.41. The summed E-state index contributed by atoms with van der Waals surface area (Å²) in [5, 5.41) is 2.74. The number of carbonyl (C=O) groups is 4. The fourth-order valence-electron chi connectivity index (χ4n) is 2.59. The molecule has 0 aromatic heterocycles. The number of aryl methyl sites for hydroxylation is 1. The van der Waals surface area contributed by atoms with Crippen LogP contribution < -0.4 is 5.32 Å². The Hall–Kier alpha value is -2.70. The summed E-state index contributed by atoms with van der Waals surface area (Å²) in [6.07, 6.45) is 0.720. The summed E-state index contributed by atoms with van der Waals surface area (Å²) in [6.45, 7) is 8.40. The molecule has 1 heterocycles. The number of carbonyl (C=O) groups excluding carboxylic acids is 4. The van der Waals surface area contributed by atoms with Gasteiger partial charge in [-0.1, -0.05) is 18.6 Å². The van der Waals surface area contributed by atoms with Crippen LogP contribution in [0.1, 0.15) is 60.4 Å². The molecule has 0 spiro atoms. The largest absolute Gasteiger partial charge is 0.454 e. The third-order valence-electron chi connectivity index (χ3n) is 4.51. The second-order valence-electron chi connectivity index (χ2n) is 7.10. The number of esters is 1. The Morgan fingerprint density at radius 2 is 1.81 bits per heavy atom. The van der Waals surface area contributed by atoms with Crippen LogP contribution in [0.3, 0.4) is 0 Å². The molecule has 1 atom stereocenters. The van der Waals surface area contributed by atoms with Gasteiger partial charge >= 0.3 is 5.97 Å². The molecule has 3 amide bonds. The molecule has 1 unspecified atom stereocenters. The van der Waals surface area contributed by atoms with Crippen molar-refractivity contribution in [2.24, 2.45) is 0 Å². The molecular formula is C19H24N2O5. The van der Waals surface area contributed by atoms with Gasteiger partial charge in [0.25, 0.3) is 17.7 Å². The summed E-state index contributed by atoms with van der Waals surface area (Å²) in [5.41, 5.74) is 0.979. The van der Waals surface area contributed by atoms with Gasteiger partial charge in [-0.05, 0) is 46.2 Å². The lowest BCUT2D eigenvalue weighted by Gasteiger charge is -2.25. The van der Waals surface area contributed by atoms with Gasteiger partial charge in [-0.25, -0.2) is 4.79 Å². The van der Waals surface area contributed by atoms with Crippen LogP contribution >= 0.6 is 0 Å². The highest BCUT2D eigenvalue weighted by molar-refractivity contribution is 6.22. The zero-order valence-corrected chi connectivity index (χ0v) is 15.7. The summed E-state index contributed by atoms with van der Waals surface area (Å²) >= 11 is 0. The van der Waals surface area contributed by atoms with E-state index < -0.39 is 41.9 Å². The van der Waals surface area contributed by atoms with Crippen molar-refractivity contribution in [2.75, 3.05) is 6.61 Å². The van der Waals surface area contributed by atoms with E-state index >= 15 is 0 Å². The van der Waals surface area contributed by atoms with E-state index in [0.29, 0.717) is 0 Å². The molecular weight excluding hydrogens is 336 g/mol. The van der Waals surface area contributed by atoms with Crippen molar-refractivity contribution in [1.29, 1.82) is 0 Å². The number of ether oxygens (including phenoxy) is 1. The van der Waals surface area contributed by atoms with Crippen LogP contribution in [0.5, 0.6) is 0 Å². The fourth-order valence-corrected chi connectivity index (χ4v) is 2.59. The Labute approximate surface area is 152 Å². The first-order valence-electron chi connectivity index (χ1n) is 8.53. The molecule has 7 heteroatoms. The van der Waals surface area contributed by atoms with E-state index in [2.05, 4.69) is 5.32 Å². The molecule has 1 aliphatic heterocycles. The number of nitrogens with one attached hydrogen (secondary N) is 1. The number of nitrogens with zero attached hydrogens (tertiary/aromatic N) is 1. The Bertz CT molecular complexity index is 769. The Balaban J connectivity index is 2.02. The number of hydrogen-bond acceptors (Lipinski definition) is 5. The minimum absolute atomic E-state index is 0.266. The van der Waals surface area contributed by atoms with Crippen molar-refractivity contribution in [3.63, 3.8) is 0 Å². The number of benzene rings is 1. The van der Waals surface area contributed by atoms with Gasteiger partial charge in [-0.2, -0.15) is 0 Å². The molecule has 0 bridgehead atoms. The highest BCUT2D eigenvalue weighted by Crippen LogP contribution is 2.26. The zero-order valence-electron chi connectivity index (χ0n) is 15.7. The van der Waals surface area contributed by atoms with Crippen LogP contribution in [-0.4, -0.2) is 46.8 Å². The van der Waals surface area contributed by atoms with E-state index in [0.717, 1.165) is 16.9 Å². The molecule has 0 radical (unpaired) electrons. The standard InChI is InChI=1S/C19H24N2O5/c1-6-19(4,5)20-15(22)10-26-18(25)12(3)21-16(23)13-8-7-11(2)9-14(13)17(21)24/h7-9,12H,6,10H2,1-5H3,(H,20,22). The predicted molar refractivity (Wildman–Crippen MR) is 94.6 cm³/mol. The number of rotatable bonds is 6. The second kappa shape index (κ2) is 7.27. The molecule has 0 saturated carbocycles. The molecule has 1 aliphatic rings. The van der Waals surface area contributed by atoms with E-state index in [1.807, 2.05) is 27.7 Å². The molecule has 7 nitrogen and oxygen atoms in total. The van der Waals surface area contributed by atoms with Crippen LogP contribution in [0.2, 0.25) is 0 Å². The van der Waals surface area contributed by atoms with Crippen LogP contribution in [0.25, 0.3) is 0 Å². The van der Waals surface area contributed by atoms with Crippen LogP contribution in [0.4, 0.5) is 0 Å². The lowest BCUT2D eigenvalue weighted by Crippen LogP contribution is -2.47. The molecule has 1 N–H and O–H groups in total. The third-order valence-corrected chi connectivity index (χ3v) is 4.51. The van der Waals surface area contributed by atoms with Crippen LogP contribution in [-0.2, 0) is 14.3 Å². The van der Waals surface area contributed by atoms with Gasteiger partial charge in [0.15, 0.2) is 6.61 Å². The van der Waals surface area contributed by atoms with E-state index in [-0.39, 0.29) is 11.1 Å². The number of amides is 3. The van der Waals surface area contributed by atoms with Crippen molar-refractivity contribution in [3.05, 3.63) is 34.9 Å². The molecule has 26 heavy (non-hydrogen) atoms. The Morgan fingerprint density at radius 3 is 2.42 bits per heavy atom. The second-order valence-corrected chi connectivity index (χ2v) is 7.10. The quantitative estimate of drug-likeness (QED) is 0.617. The van der Waals surface area contributed by atoms with Gasteiger partial charge in [0.1, 0.15) is 6.04 Å². The predicted octanol–water partition coefficient (Wildman–Crippen LogP) is 1.83. The van der Waals surface area contributed by atoms with Crippen LogP contribution in [0, 0.1) is 6.92 Å². The normalized spacial score (nSPS) is 14.9. The Kier molecular flexibility index (Phi) is 5.49. The monoisotopic (exact) mass is 360 g/mol. The minimum atomic E-state index is -1.12. The van der Waals surface area contributed by atoms with Gasteiger partial charge < -0.3 is 10.1 Å². The van der Waals surface area contributed by atoms with Gasteiger partial charge in [0, 0.05) is 5.54 Å². The molecule has 1 aromatic rings. The maximum absolute atomic E-state index is 12.5.